The first-order valence-corrected chi connectivity index (χ1v) is 6.23. The van der Waals surface area contributed by atoms with Crippen molar-refractivity contribution >= 4 is 27.6 Å². The van der Waals surface area contributed by atoms with Gasteiger partial charge in [0.2, 0.25) is 0 Å². The Labute approximate surface area is 103 Å². The van der Waals surface area contributed by atoms with Crippen LogP contribution in [0.25, 0.3) is 0 Å². The second-order valence-electron chi connectivity index (χ2n) is 4.25. The molecule has 6 heteroatoms. The van der Waals surface area contributed by atoms with Gasteiger partial charge in [-0.25, -0.2) is 15.8 Å². The second-order valence-corrected chi connectivity index (χ2v) is 5.05. The zero-order chi connectivity index (χ0) is 11.5. The molecule has 0 amide bonds. The van der Waals surface area contributed by atoms with Crippen LogP contribution in [0.5, 0.6) is 0 Å². The Morgan fingerprint density at radius 3 is 2.81 bits per heavy atom. The van der Waals surface area contributed by atoms with Gasteiger partial charge < -0.3 is 10.7 Å². The molecule has 1 saturated carbocycles. The smallest absolute Gasteiger partial charge is 0.159 e. The van der Waals surface area contributed by atoms with Crippen molar-refractivity contribution in [3.05, 3.63) is 10.8 Å². The minimum absolute atomic E-state index is 0.421. The summed E-state index contributed by atoms with van der Waals surface area (Å²) < 4.78 is 0.778. The maximum atomic E-state index is 5.34. The number of nitrogens with two attached hydrogens (primary N) is 1. The number of hydrogen-bond acceptors (Lipinski definition) is 5. The van der Waals surface area contributed by atoms with Gasteiger partial charge in [-0.1, -0.05) is 12.8 Å². The van der Waals surface area contributed by atoms with Gasteiger partial charge in [0, 0.05) is 6.04 Å². The Morgan fingerprint density at radius 2 is 2.19 bits per heavy atom. The van der Waals surface area contributed by atoms with Crippen LogP contribution < -0.4 is 16.6 Å². The fourth-order valence-electron chi connectivity index (χ4n) is 1.72. The molecule has 0 bridgehead atoms. The Balaban J connectivity index is 2.01. The lowest BCUT2D eigenvalue weighted by Crippen LogP contribution is -2.18. The summed E-state index contributed by atoms with van der Waals surface area (Å²) in [6.45, 7) is 2.17. The molecule has 1 heterocycles. The van der Waals surface area contributed by atoms with Gasteiger partial charge in [0.1, 0.15) is 16.6 Å². The van der Waals surface area contributed by atoms with E-state index in [1.165, 1.54) is 25.6 Å². The topological polar surface area (TPSA) is 75.9 Å². The van der Waals surface area contributed by atoms with E-state index in [2.05, 4.69) is 43.6 Å². The molecule has 1 fully saturated rings. The molecule has 0 saturated heterocycles. The van der Waals surface area contributed by atoms with Gasteiger partial charge in [0.15, 0.2) is 5.82 Å². The minimum atomic E-state index is 0.421. The molecular formula is C10H16BrN5. The summed E-state index contributed by atoms with van der Waals surface area (Å²) in [4.78, 5) is 8.19. The number of nitrogens with zero attached hydrogens (tertiary/aromatic N) is 2. The molecule has 5 nitrogen and oxygen atoms in total. The van der Waals surface area contributed by atoms with Crippen molar-refractivity contribution in [1.29, 1.82) is 0 Å². The average molecular weight is 286 g/mol. The average Bonchev–Trinajstić information content (AvgIpc) is 3.05. The molecule has 0 aliphatic heterocycles. The first-order valence-electron chi connectivity index (χ1n) is 5.44. The van der Waals surface area contributed by atoms with E-state index in [1.807, 2.05) is 0 Å². The van der Waals surface area contributed by atoms with Crippen molar-refractivity contribution in [2.75, 3.05) is 10.7 Å². The lowest BCUT2D eigenvalue weighted by atomic mass is 10.1. The highest BCUT2D eigenvalue weighted by molar-refractivity contribution is 9.10. The molecule has 88 valence electrons. The van der Waals surface area contributed by atoms with Gasteiger partial charge in [-0.2, -0.15) is 0 Å². The van der Waals surface area contributed by atoms with Crippen LogP contribution in [0.2, 0.25) is 0 Å². The summed E-state index contributed by atoms with van der Waals surface area (Å²) in [7, 11) is 0. The first kappa shape index (κ1) is 11.6. The molecule has 1 unspecified atom stereocenters. The normalized spacial score (nSPS) is 16.9. The Morgan fingerprint density at radius 1 is 1.50 bits per heavy atom. The van der Waals surface area contributed by atoms with Crippen molar-refractivity contribution in [2.24, 2.45) is 11.8 Å². The number of anilines is 2. The third-order valence-corrected chi connectivity index (χ3v) is 3.44. The number of nitrogens with one attached hydrogen (secondary N) is 2. The van der Waals surface area contributed by atoms with Crippen molar-refractivity contribution in [3.63, 3.8) is 0 Å². The third kappa shape index (κ3) is 2.82. The number of aromatic nitrogens is 2. The Kier molecular flexibility index (Phi) is 3.60. The van der Waals surface area contributed by atoms with Crippen LogP contribution in [0.15, 0.2) is 10.8 Å². The highest BCUT2D eigenvalue weighted by atomic mass is 79.9. The number of hydrazine groups is 1. The predicted molar refractivity (Wildman–Crippen MR) is 68.0 cm³/mol. The van der Waals surface area contributed by atoms with E-state index >= 15 is 0 Å². The minimum Gasteiger partial charge on any atom is -0.367 e. The van der Waals surface area contributed by atoms with E-state index in [9.17, 15) is 0 Å². The van der Waals surface area contributed by atoms with Crippen LogP contribution in [0, 0.1) is 5.92 Å². The quantitative estimate of drug-likeness (QED) is 0.571. The van der Waals surface area contributed by atoms with Crippen molar-refractivity contribution in [2.45, 2.75) is 32.2 Å². The molecule has 16 heavy (non-hydrogen) atoms. The first-order chi connectivity index (χ1) is 7.70. The van der Waals surface area contributed by atoms with Crippen LogP contribution in [-0.2, 0) is 0 Å². The van der Waals surface area contributed by atoms with Gasteiger partial charge in [-0.05, 0) is 35.2 Å². The van der Waals surface area contributed by atoms with E-state index < -0.39 is 0 Å². The van der Waals surface area contributed by atoms with Crippen LogP contribution in [0.4, 0.5) is 11.6 Å². The Hall–Kier alpha value is -0.880. The fraction of sp³-hybridized carbons (Fsp3) is 0.600. The summed E-state index contributed by atoms with van der Waals surface area (Å²) in [6, 6.07) is 0.421. The molecule has 1 aromatic heterocycles. The number of halogens is 1. The largest absolute Gasteiger partial charge is 0.367 e. The van der Waals surface area contributed by atoms with Crippen LogP contribution in [-0.4, -0.2) is 16.0 Å². The van der Waals surface area contributed by atoms with Gasteiger partial charge in [0.05, 0.1) is 0 Å². The molecule has 1 aliphatic carbocycles. The second kappa shape index (κ2) is 4.97. The molecular weight excluding hydrogens is 270 g/mol. The molecule has 0 aromatic carbocycles. The maximum Gasteiger partial charge on any atom is 0.159 e. The van der Waals surface area contributed by atoms with Crippen LogP contribution in [0.3, 0.4) is 0 Å². The van der Waals surface area contributed by atoms with Crippen LogP contribution in [0.1, 0.15) is 26.2 Å². The highest BCUT2D eigenvalue weighted by Crippen LogP contribution is 2.34. The summed E-state index contributed by atoms with van der Waals surface area (Å²) in [6.07, 6.45) is 5.42. The van der Waals surface area contributed by atoms with Crippen LogP contribution >= 0.6 is 15.9 Å². The van der Waals surface area contributed by atoms with Gasteiger partial charge in [-0.3, -0.25) is 0 Å². The molecule has 1 aliphatic rings. The summed E-state index contributed by atoms with van der Waals surface area (Å²) >= 11 is 3.42. The maximum absolute atomic E-state index is 5.34. The summed E-state index contributed by atoms with van der Waals surface area (Å²) in [5.74, 6) is 7.62. The summed E-state index contributed by atoms with van der Waals surface area (Å²) in [5, 5.41) is 3.36. The zero-order valence-corrected chi connectivity index (χ0v) is 10.8. The molecule has 0 radical (unpaired) electrons. The van der Waals surface area contributed by atoms with Gasteiger partial charge in [-0.15, -0.1) is 0 Å². The van der Waals surface area contributed by atoms with Gasteiger partial charge >= 0.3 is 0 Å². The Bertz CT molecular complexity index is 366. The molecule has 2 rings (SSSR count). The molecule has 0 spiro atoms. The van der Waals surface area contributed by atoms with E-state index in [4.69, 9.17) is 5.84 Å². The molecule has 1 aromatic rings. The molecule has 4 N–H and O–H groups in total. The van der Waals surface area contributed by atoms with E-state index in [1.54, 1.807) is 0 Å². The lowest BCUT2D eigenvalue weighted by Gasteiger charge is -2.15. The third-order valence-electron chi connectivity index (χ3n) is 2.69. The number of rotatable bonds is 5. The van der Waals surface area contributed by atoms with Crippen molar-refractivity contribution in [3.8, 4) is 0 Å². The zero-order valence-electron chi connectivity index (χ0n) is 9.20. The fourth-order valence-corrected chi connectivity index (χ4v) is 2.15. The van der Waals surface area contributed by atoms with Crippen molar-refractivity contribution in [1.82, 2.24) is 9.97 Å². The predicted octanol–water partition coefficient (Wildman–Crippen LogP) is 2.13. The summed E-state index contributed by atoms with van der Waals surface area (Å²) in [5.41, 5.74) is 2.52. The number of nitrogen functional groups attached to an aromatic ring is 1. The molecule has 1 atom stereocenters. The SMILES string of the molecule is CC(CC1CC1)Nc1ncnc(NN)c1Br. The monoisotopic (exact) mass is 285 g/mol. The van der Waals surface area contributed by atoms with Gasteiger partial charge in [0.25, 0.3) is 0 Å². The van der Waals surface area contributed by atoms with E-state index in [-0.39, 0.29) is 0 Å². The van der Waals surface area contributed by atoms with E-state index in [0.29, 0.717) is 11.9 Å². The standard InChI is InChI=1S/C10H16BrN5/c1-6(4-7-2-3-7)15-9-8(11)10(16-12)14-5-13-9/h5-7H,2-4,12H2,1H3,(H2,13,14,15,16). The van der Waals surface area contributed by atoms with Crippen molar-refractivity contribution < 1.29 is 0 Å². The van der Waals surface area contributed by atoms with E-state index in [0.717, 1.165) is 16.2 Å². The highest BCUT2D eigenvalue weighted by Gasteiger charge is 2.24. The number of hydrogen-bond donors (Lipinski definition) is 3. The lowest BCUT2D eigenvalue weighted by molar-refractivity contribution is 0.639.